The second-order valence-corrected chi connectivity index (χ2v) is 8.59. The number of sulfonamides is 1. The molecule has 7 nitrogen and oxygen atoms in total. The zero-order valence-corrected chi connectivity index (χ0v) is 16.3. The fourth-order valence-electron chi connectivity index (χ4n) is 2.67. The van der Waals surface area contributed by atoms with Crippen LogP contribution >= 0.6 is 0 Å². The summed E-state index contributed by atoms with van der Waals surface area (Å²) in [6.45, 7) is 6.54. The first-order chi connectivity index (χ1) is 12.3. The summed E-state index contributed by atoms with van der Waals surface area (Å²) in [6, 6.07) is 5.18. The van der Waals surface area contributed by atoms with Crippen LogP contribution in [0.25, 0.3) is 0 Å². The summed E-state index contributed by atoms with van der Waals surface area (Å²) in [5.41, 5.74) is 0.313. The number of carbonyl (C=O) groups is 2. The highest BCUT2D eigenvalue weighted by Crippen LogP contribution is 2.21. The summed E-state index contributed by atoms with van der Waals surface area (Å²) in [4.78, 5) is 24.5. The molecule has 1 aromatic carbocycles. The largest absolute Gasteiger partial charge is 0.352 e. The van der Waals surface area contributed by atoms with Crippen molar-refractivity contribution in [3.05, 3.63) is 29.8 Å². The fraction of sp³-hybridized carbons (Fsp3) is 0.556. The topological polar surface area (TPSA) is 95.6 Å². The molecule has 1 heterocycles. The van der Waals surface area contributed by atoms with Crippen LogP contribution in [0.1, 0.15) is 50.4 Å². The van der Waals surface area contributed by atoms with E-state index in [1.165, 1.54) is 28.6 Å². The number of nitrogens with zero attached hydrogens (tertiary/aromatic N) is 1. The lowest BCUT2D eigenvalue weighted by molar-refractivity contribution is -0.123. The lowest BCUT2D eigenvalue weighted by Gasteiger charge is -2.18. The van der Waals surface area contributed by atoms with E-state index in [1.54, 1.807) is 6.92 Å². The van der Waals surface area contributed by atoms with Crippen molar-refractivity contribution in [2.24, 2.45) is 0 Å². The van der Waals surface area contributed by atoms with Crippen molar-refractivity contribution in [2.45, 2.75) is 57.0 Å². The summed E-state index contributed by atoms with van der Waals surface area (Å²) < 4.78 is 26.4. The molecule has 0 aromatic heterocycles. The number of carbonyl (C=O) groups excluding carboxylic acids is 2. The smallest absolute Gasteiger partial charge is 0.251 e. The first-order valence-corrected chi connectivity index (χ1v) is 10.4. The minimum atomic E-state index is -3.50. The molecule has 0 radical (unpaired) electrons. The minimum Gasteiger partial charge on any atom is -0.352 e. The highest BCUT2D eigenvalue weighted by molar-refractivity contribution is 7.89. The molecular weight excluding hydrogens is 354 g/mol. The Kier molecular flexibility index (Phi) is 6.77. The Morgan fingerprint density at radius 1 is 1.08 bits per heavy atom. The van der Waals surface area contributed by atoms with Crippen LogP contribution in [0.4, 0.5) is 0 Å². The predicted molar refractivity (Wildman–Crippen MR) is 99.3 cm³/mol. The van der Waals surface area contributed by atoms with Crippen LogP contribution < -0.4 is 10.6 Å². The first-order valence-electron chi connectivity index (χ1n) is 8.97. The van der Waals surface area contributed by atoms with Crippen molar-refractivity contribution in [2.75, 3.05) is 13.1 Å². The van der Waals surface area contributed by atoms with Crippen molar-refractivity contribution in [1.29, 1.82) is 0 Å². The van der Waals surface area contributed by atoms with E-state index >= 15 is 0 Å². The molecule has 1 fully saturated rings. The lowest BCUT2D eigenvalue weighted by Crippen LogP contribution is -2.47. The van der Waals surface area contributed by atoms with E-state index in [0.29, 0.717) is 18.7 Å². The molecule has 2 rings (SSSR count). The van der Waals surface area contributed by atoms with Crippen LogP contribution in [0, 0.1) is 0 Å². The molecule has 2 atom stereocenters. The van der Waals surface area contributed by atoms with Crippen LogP contribution in [-0.4, -0.2) is 49.7 Å². The van der Waals surface area contributed by atoms with Gasteiger partial charge in [0.05, 0.1) is 4.90 Å². The molecule has 0 spiro atoms. The van der Waals surface area contributed by atoms with Gasteiger partial charge in [-0.2, -0.15) is 4.31 Å². The van der Waals surface area contributed by atoms with Crippen LogP contribution in [0.5, 0.6) is 0 Å². The van der Waals surface area contributed by atoms with Gasteiger partial charge >= 0.3 is 0 Å². The van der Waals surface area contributed by atoms with Gasteiger partial charge < -0.3 is 10.6 Å². The molecule has 1 aliphatic rings. The van der Waals surface area contributed by atoms with Gasteiger partial charge in [-0.05, 0) is 57.4 Å². The second-order valence-electron chi connectivity index (χ2n) is 6.65. The standard InChI is InChI=1S/C18H27N3O4S/c1-4-13(2)19-17(22)14(3)20-18(23)15-7-9-16(10-8-15)26(24,25)21-11-5-6-12-21/h7-10,13-14H,4-6,11-12H2,1-3H3,(H,19,22)(H,20,23). The zero-order valence-electron chi connectivity index (χ0n) is 15.5. The van der Waals surface area contributed by atoms with E-state index in [4.69, 9.17) is 0 Å². The molecule has 1 aliphatic heterocycles. The van der Waals surface area contributed by atoms with Crippen molar-refractivity contribution in [3.63, 3.8) is 0 Å². The molecule has 1 aromatic rings. The lowest BCUT2D eigenvalue weighted by atomic mass is 10.2. The summed E-state index contributed by atoms with van der Waals surface area (Å²) in [5.74, 6) is -0.664. The van der Waals surface area contributed by atoms with Gasteiger partial charge in [0.25, 0.3) is 5.91 Å². The Bertz CT molecular complexity index is 740. The second kappa shape index (κ2) is 8.64. The molecule has 0 bridgehead atoms. The van der Waals surface area contributed by atoms with Crippen molar-refractivity contribution in [3.8, 4) is 0 Å². The van der Waals surface area contributed by atoms with E-state index in [1.807, 2.05) is 13.8 Å². The molecule has 26 heavy (non-hydrogen) atoms. The van der Waals surface area contributed by atoms with Crippen molar-refractivity contribution >= 4 is 21.8 Å². The van der Waals surface area contributed by atoms with Gasteiger partial charge in [0.2, 0.25) is 15.9 Å². The Hall–Kier alpha value is -1.93. The monoisotopic (exact) mass is 381 g/mol. The number of amides is 2. The SMILES string of the molecule is CCC(C)NC(=O)C(C)NC(=O)c1ccc(S(=O)(=O)N2CCCC2)cc1. The van der Waals surface area contributed by atoms with Crippen LogP contribution in [0.15, 0.2) is 29.2 Å². The van der Waals surface area contributed by atoms with Gasteiger partial charge in [-0.1, -0.05) is 6.92 Å². The number of benzene rings is 1. The van der Waals surface area contributed by atoms with Crippen LogP contribution in [0.2, 0.25) is 0 Å². The van der Waals surface area contributed by atoms with Crippen LogP contribution in [-0.2, 0) is 14.8 Å². The Morgan fingerprint density at radius 2 is 1.65 bits per heavy atom. The maximum Gasteiger partial charge on any atom is 0.251 e. The predicted octanol–water partition coefficient (Wildman–Crippen LogP) is 1.50. The van der Waals surface area contributed by atoms with Gasteiger partial charge in [-0.25, -0.2) is 8.42 Å². The maximum atomic E-state index is 12.5. The average molecular weight is 381 g/mol. The molecule has 2 unspecified atom stereocenters. The van der Waals surface area contributed by atoms with Crippen LogP contribution in [0.3, 0.4) is 0 Å². The van der Waals surface area contributed by atoms with Gasteiger partial charge in [-0.3, -0.25) is 9.59 Å². The summed E-state index contributed by atoms with van der Waals surface area (Å²) in [6.07, 6.45) is 2.55. The Morgan fingerprint density at radius 3 is 2.19 bits per heavy atom. The van der Waals surface area contributed by atoms with Gasteiger partial charge in [0, 0.05) is 24.7 Å². The molecule has 1 saturated heterocycles. The van der Waals surface area contributed by atoms with Gasteiger partial charge in [0.15, 0.2) is 0 Å². The highest BCUT2D eigenvalue weighted by atomic mass is 32.2. The third-order valence-electron chi connectivity index (χ3n) is 4.56. The van der Waals surface area contributed by atoms with Gasteiger partial charge in [0.1, 0.15) is 6.04 Å². The van der Waals surface area contributed by atoms with Crippen molar-refractivity contribution in [1.82, 2.24) is 14.9 Å². The van der Waals surface area contributed by atoms with E-state index in [9.17, 15) is 18.0 Å². The summed E-state index contributed by atoms with van der Waals surface area (Å²) in [5, 5.41) is 5.44. The molecule has 8 heteroatoms. The van der Waals surface area contributed by atoms with E-state index in [-0.39, 0.29) is 16.8 Å². The number of hydrogen-bond acceptors (Lipinski definition) is 4. The van der Waals surface area contributed by atoms with E-state index < -0.39 is 22.0 Å². The zero-order chi connectivity index (χ0) is 19.3. The molecule has 2 N–H and O–H groups in total. The molecule has 2 amide bonds. The number of nitrogens with one attached hydrogen (secondary N) is 2. The third-order valence-corrected chi connectivity index (χ3v) is 6.47. The van der Waals surface area contributed by atoms with E-state index in [0.717, 1.165) is 19.3 Å². The molecule has 0 saturated carbocycles. The molecule has 144 valence electrons. The highest BCUT2D eigenvalue weighted by Gasteiger charge is 2.27. The van der Waals surface area contributed by atoms with Gasteiger partial charge in [-0.15, -0.1) is 0 Å². The van der Waals surface area contributed by atoms with Crippen molar-refractivity contribution < 1.29 is 18.0 Å². The number of hydrogen-bond donors (Lipinski definition) is 2. The molecule has 0 aliphatic carbocycles. The first kappa shape index (κ1) is 20.4. The quantitative estimate of drug-likeness (QED) is 0.748. The Balaban J connectivity index is 2.01. The maximum absolute atomic E-state index is 12.5. The summed E-state index contributed by atoms with van der Waals surface area (Å²) >= 11 is 0. The average Bonchev–Trinajstić information content (AvgIpc) is 3.17. The normalized spacial score (nSPS) is 17.5. The summed E-state index contributed by atoms with van der Waals surface area (Å²) in [7, 11) is -3.50. The Labute approximate surface area is 155 Å². The minimum absolute atomic E-state index is 0.0388. The number of rotatable bonds is 7. The van der Waals surface area contributed by atoms with E-state index in [2.05, 4.69) is 10.6 Å². The fourth-order valence-corrected chi connectivity index (χ4v) is 4.19. The molecular formula is C18H27N3O4S. The third kappa shape index (κ3) is 4.82.